The Hall–Kier alpha value is -2.04. The number of carboxylic acid groups (broad SMARTS) is 1. The lowest BCUT2D eigenvalue weighted by atomic mass is 10.0. The van der Waals surface area contributed by atoms with Crippen LogP contribution in [0.1, 0.15) is 49.5 Å². The number of aromatic carboxylic acids is 1. The maximum atomic E-state index is 11.8. The molecule has 0 saturated carbocycles. The molecule has 0 aromatic heterocycles. The van der Waals surface area contributed by atoms with Gasteiger partial charge in [0.2, 0.25) is 0 Å². The zero-order valence-corrected chi connectivity index (χ0v) is 12.8. The molecule has 0 aliphatic carbocycles. The van der Waals surface area contributed by atoms with Gasteiger partial charge in [-0.3, -0.25) is 0 Å². The molecule has 0 fully saturated rings. The second-order valence-corrected chi connectivity index (χ2v) is 5.48. The zero-order valence-electron chi connectivity index (χ0n) is 12.8. The molecule has 21 heavy (non-hydrogen) atoms. The Morgan fingerprint density at radius 2 is 1.81 bits per heavy atom. The molecule has 2 unspecified atom stereocenters. The molecule has 116 valence electrons. The molecule has 0 aliphatic rings. The summed E-state index contributed by atoms with van der Waals surface area (Å²) in [6, 6.07) is 6.40. The fourth-order valence-electron chi connectivity index (χ4n) is 2.05. The van der Waals surface area contributed by atoms with E-state index >= 15 is 0 Å². The number of carbonyl (C=O) groups is 2. The van der Waals surface area contributed by atoms with E-state index in [4.69, 9.17) is 5.11 Å². The molecule has 5 nitrogen and oxygen atoms in total. The first kappa shape index (κ1) is 17.0. The largest absolute Gasteiger partial charge is 0.478 e. The van der Waals surface area contributed by atoms with E-state index in [2.05, 4.69) is 24.5 Å². The summed E-state index contributed by atoms with van der Waals surface area (Å²) in [6.45, 7) is 6.67. The molecule has 0 heterocycles. The van der Waals surface area contributed by atoms with Gasteiger partial charge >= 0.3 is 12.0 Å². The number of hydrogen-bond donors (Lipinski definition) is 3. The van der Waals surface area contributed by atoms with Crippen molar-refractivity contribution in [1.82, 2.24) is 10.6 Å². The normalized spacial score (nSPS) is 13.3. The van der Waals surface area contributed by atoms with E-state index in [-0.39, 0.29) is 17.6 Å². The third kappa shape index (κ3) is 6.29. The number of hydrogen-bond acceptors (Lipinski definition) is 2. The van der Waals surface area contributed by atoms with Gasteiger partial charge in [0.15, 0.2) is 0 Å². The molecule has 0 saturated heterocycles. The lowest BCUT2D eigenvalue weighted by molar-refractivity contribution is 0.0697. The minimum absolute atomic E-state index is 0.134. The fraction of sp³-hybridized carbons (Fsp3) is 0.500. The van der Waals surface area contributed by atoms with Crippen LogP contribution in [0.2, 0.25) is 0 Å². The summed E-state index contributed by atoms with van der Waals surface area (Å²) in [5, 5.41) is 14.5. The van der Waals surface area contributed by atoms with E-state index in [0.717, 1.165) is 18.4 Å². The van der Waals surface area contributed by atoms with Crippen LogP contribution in [-0.4, -0.2) is 23.1 Å². The molecule has 1 aromatic carbocycles. The van der Waals surface area contributed by atoms with Crippen LogP contribution in [0.3, 0.4) is 0 Å². The summed E-state index contributed by atoms with van der Waals surface area (Å²) in [6.07, 6.45) is 2.06. The zero-order chi connectivity index (χ0) is 15.8. The van der Waals surface area contributed by atoms with Crippen LogP contribution in [0.5, 0.6) is 0 Å². The lowest BCUT2D eigenvalue weighted by Gasteiger charge is -2.18. The third-order valence-corrected chi connectivity index (χ3v) is 3.48. The monoisotopic (exact) mass is 292 g/mol. The standard InChI is InChI=1S/C16H24N2O3/c1-4-11(2)9-12(3)18-16(21)17-10-13-5-7-14(8-6-13)15(19)20/h5-8,11-12H,4,9-10H2,1-3H3,(H,19,20)(H2,17,18,21). The highest BCUT2D eigenvalue weighted by Gasteiger charge is 2.10. The number of amides is 2. The summed E-state index contributed by atoms with van der Waals surface area (Å²) in [4.78, 5) is 22.5. The van der Waals surface area contributed by atoms with Gasteiger partial charge < -0.3 is 15.7 Å². The summed E-state index contributed by atoms with van der Waals surface area (Å²) in [7, 11) is 0. The third-order valence-electron chi connectivity index (χ3n) is 3.48. The van der Waals surface area contributed by atoms with Crippen LogP contribution >= 0.6 is 0 Å². The van der Waals surface area contributed by atoms with Crippen LogP contribution in [-0.2, 0) is 6.54 Å². The van der Waals surface area contributed by atoms with Gasteiger partial charge in [0.1, 0.15) is 0 Å². The Bertz CT molecular complexity index is 471. The molecule has 0 aliphatic heterocycles. The Labute approximate surface area is 125 Å². The highest BCUT2D eigenvalue weighted by atomic mass is 16.4. The number of urea groups is 1. The highest BCUT2D eigenvalue weighted by Crippen LogP contribution is 2.09. The number of carbonyl (C=O) groups excluding carboxylic acids is 1. The smallest absolute Gasteiger partial charge is 0.335 e. The molecule has 2 atom stereocenters. The quantitative estimate of drug-likeness (QED) is 0.723. The maximum absolute atomic E-state index is 11.8. The van der Waals surface area contributed by atoms with Gasteiger partial charge in [0, 0.05) is 12.6 Å². The van der Waals surface area contributed by atoms with E-state index in [1.165, 1.54) is 12.1 Å². The van der Waals surface area contributed by atoms with Crippen LogP contribution in [0.25, 0.3) is 0 Å². The molecule has 3 N–H and O–H groups in total. The van der Waals surface area contributed by atoms with Crippen LogP contribution in [0, 0.1) is 5.92 Å². The van der Waals surface area contributed by atoms with E-state index in [9.17, 15) is 9.59 Å². The van der Waals surface area contributed by atoms with Crippen LogP contribution in [0.15, 0.2) is 24.3 Å². The summed E-state index contributed by atoms with van der Waals surface area (Å²) >= 11 is 0. The molecule has 1 rings (SSSR count). The SMILES string of the molecule is CCC(C)CC(C)NC(=O)NCc1ccc(C(=O)O)cc1. The Morgan fingerprint density at radius 3 is 2.33 bits per heavy atom. The molecule has 0 spiro atoms. The van der Waals surface area contributed by atoms with Crippen LogP contribution < -0.4 is 10.6 Å². The Balaban J connectivity index is 2.37. The minimum Gasteiger partial charge on any atom is -0.478 e. The molecule has 5 heteroatoms. The highest BCUT2D eigenvalue weighted by molar-refractivity contribution is 5.87. The van der Waals surface area contributed by atoms with E-state index < -0.39 is 5.97 Å². The van der Waals surface area contributed by atoms with Gasteiger partial charge in [-0.2, -0.15) is 0 Å². The van der Waals surface area contributed by atoms with Gasteiger partial charge in [0.25, 0.3) is 0 Å². The van der Waals surface area contributed by atoms with Crippen molar-refractivity contribution >= 4 is 12.0 Å². The predicted molar refractivity (Wildman–Crippen MR) is 82.3 cm³/mol. The van der Waals surface area contributed by atoms with Crippen molar-refractivity contribution in [3.63, 3.8) is 0 Å². The van der Waals surface area contributed by atoms with Gasteiger partial charge in [-0.25, -0.2) is 9.59 Å². The Morgan fingerprint density at radius 1 is 1.19 bits per heavy atom. The average Bonchev–Trinajstić information content (AvgIpc) is 2.45. The predicted octanol–water partition coefficient (Wildman–Crippen LogP) is 3.01. The second-order valence-electron chi connectivity index (χ2n) is 5.48. The Kier molecular flexibility index (Phi) is 6.72. The van der Waals surface area contributed by atoms with Crippen LogP contribution in [0.4, 0.5) is 4.79 Å². The van der Waals surface area contributed by atoms with Gasteiger partial charge in [-0.1, -0.05) is 32.4 Å². The fourth-order valence-corrected chi connectivity index (χ4v) is 2.05. The number of benzene rings is 1. The first-order chi connectivity index (χ1) is 9.92. The second kappa shape index (κ2) is 8.29. The number of carboxylic acids is 1. The van der Waals surface area contributed by atoms with Crippen molar-refractivity contribution in [1.29, 1.82) is 0 Å². The van der Waals surface area contributed by atoms with E-state index in [1.807, 2.05) is 6.92 Å². The maximum Gasteiger partial charge on any atom is 0.335 e. The van der Waals surface area contributed by atoms with Gasteiger partial charge in [0.05, 0.1) is 5.56 Å². The molecule has 0 radical (unpaired) electrons. The lowest BCUT2D eigenvalue weighted by Crippen LogP contribution is -2.41. The first-order valence-electron chi connectivity index (χ1n) is 7.29. The molecule has 0 bridgehead atoms. The van der Waals surface area contributed by atoms with Crippen molar-refractivity contribution in [3.8, 4) is 0 Å². The topological polar surface area (TPSA) is 78.4 Å². The average molecular weight is 292 g/mol. The first-order valence-corrected chi connectivity index (χ1v) is 7.29. The van der Waals surface area contributed by atoms with Crippen molar-refractivity contribution in [3.05, 3.63) is 35.4 Å². The molecular weight excluding hydrogens is 268 g/mol. The van der Waals surface area contributed by atoms with Crippen molar-refractivity contribution in [2.24, 2.45) is 5.92 Å². The van der Waals surface area contributed by atoms with Crippen molar-refractivity contribution < 1.29 is 14.7 Å². The van der Waals surface area contributed by atoms with E-state index in [1.54, 1.807) is 12.1 Å². The number of rotatable bonds is 7. The van der Waals surface area contributed by atoms with Crippen molar-refractivity contribution in [2.75, 3.05) is 0 Å². The van der Waals surface area contributed by atoms with Gasteiger partial charge in [-0.15, -0.1) is 0 Å². The molecular formula is C16H24N2O3. The summed E-state index contributed by atoms with van der Waals surface area (Å²) in [5.74, 6) is -0.366. The minimum atomic E-state index is -0.953. The van der Waals surface area contributed by atoms with Crippen molar-refractivity contribution in [2.45, 2.75) is 46.2 Å². The summed E-state index contributed by atoms with van der Waals surface area (Å²) < 4.78 is 0. The summed E-state index contributed by atoms with van der Waals surface area (Å²) in [5.41, 5.74) is 1.11. The van der Waals surface area contributed by atoms with E-state index in [0.29, 0.717) is 12.5 Å². The number of nitrogens with one attached hydrogen (secondary N) is 2. The van der Waals surface area contributed by atoms with Gasteiger partial charge in [-0.05, 0) is 37.0 Å². The molecule has 2 amide bonds. The molecule has 1 aromatic rings.